The minimum atomic E-state index is 0.0228. The van der Waals surface area contributed by atoms with Crippen LogP contribution in [-0.4, -0.2) is 62.0 Å². The number of pyridine rings is 1. The van der Waals surface area contributed by atoms with E-state index >= 15 is 0 Å². The Bertz CT molecular complexity index is 1250. The fourth-order valence-corrected chi connectivity index (χ4v) is 4.81. The summed E-state index contributed by atoms with van der Waals surface area (Å²) in [5.74, 6) is 1.12. The molecule has 0 saturated carbocycles. The first kappa shape index (κ1) is 21.7. The summed E-state index contributed by atoms with van der Waals surface area (Å²) < 4.78 is 5.43. The number of thiazole rings is 1. The number of piperazine rings is 1. The van der Waals surface area contributed by atoms with E-state index in [1.807, 2.05) is 42.2 Å². The standard InChI is InChI=1S/C23H21ClN6O2S/c1-15-20(33-22(26-15)18-4-2-3-9-25-18)23(31)30-12-10-29(11-13-30)14-19-27-21(28-32-19)16-5-7-17(24)8-6-16/h2-9H,10-14H2,1H3. The van der Waals surface area contributed by atoms with Gasteiger partial charge >= 0.3 is 0 Å². The van der Waals surface area contributed by atoms with Gasteiger partial charge in [0, 0.05) is 43.0 Å². The van der Waals surface area contributed by atoms with E-state index < -0.39 is 0 Å². The minimum Gasteiger partial charge on any atom is -0.338 e. The Morgan fingerprint density at radius 3 is 2.61 bits per heavy atom. The molecule has 168 valence electrons. The Labute approximate surface area is 199 Å². The summed E-state index contributed by atoms with van der Waals surface area (Å²) in [6.07, 6.45) is 1.73. The van der Waals surface area contributed by atoms with Gasteiger partial charge in [0.2, 0.25) is 11.7 Å². The van der Waals surface area contributed by atoms with Crippen molar-refractivity contribution in [2.45, 2.75) is 13.5 Å². The summed E-state index contributed by atoms with van der Waals surface area (Å²) in [6, 6.07) is 13.0. The van der Waals surface area contributed by atoms with Crippen molar-refractivity contribution in [2.24, 2.45) is 0 Å². The van der Waals surface area contributed by atoms with Gasteiger partial charge < -0.3 is 9.42 Å². The molecule has 4 aromatic rings. The molecule has 0 spiro atoms. The van der Waals surface area contributed by atoms with Crippen molar-refractivity contribution in [3.63, 3.8) is 0 Å². The number of hydrogen-bond donors (Lipinski definition) is 0. The lowest BCUT2D eigenvalue weighted by atomic mass is 10.2. The number of carbonyl (C=O) groups is 1. The second-order valence-corrected chi connectivity index (χ2v) is 9.17. The van der Waals surface area contributed by atoms with Crippen molar-refractivity contribution >= 4 is 28.8 Å². The minimum absolute atomic E-state index is 0.0228. The summed E-state index contributed by atoms with van der Waals surface area (Å²) in [5, 5.41) is 5.50. The Morgan fingerprint density at radius 1 is 1.09 bits per heavy atom. The van der Waals surface area contributed by atoms with Crippen molar-refractivity contribution < 1.29 is 9.32 Å². The number of aromatic nitrogens is 4. The molecular weight excluding hydrogens is 460 g/mol. The average Bonchev–Trinajstić information content (AvgIpc) is 3.47. The van der Waals surface area contributed by atoms with Crippen LogP contribution in [0.25, 0.3) is 22.1 Å². The lowest BCUT2D eigenvalue weighted by Crippen LogP contribution is -2.48. The number of benzene rings is 1. The molecule has 1 aromatic carbocycles. The van der Waals surface area contributed by atoms with E-state index in [1.54, 1.807) is 18.3 Å². The van der Waals surface area contributed by atoms with Crippen molar-refractivity contribution in [1.82, 2.24) is 29.9 Å². The van der Waals surface area contributed by atoms with Crippen molar-refractivity contribution in [1.29, 1.82) is 0 Å². The highest BCUT2D eigenvalue weighted by Gasteiger charge is 2.26. The number of carbonyl (C=O) groups excluding carboxylic acids is 1. The number of hydrogen-bond acceptors (Lipinski definition) is 8. The first-order chi connectivity index (χ1) is 16.1. The molecule has 0 radical (unpaired) electrons. The van der Waals surface area contributed by atoms with Gasteiger partial charge in [-0.25, -0.2) is 4.98 Å². The van der Waals surface area contributed by atoms with E-state index in [4.69, 9.17) is 16.1 Å². The fraction of sp³-hybridized carbons (Fsp3) is 0.261. The number of amides is 1. The quantitative estimate of drug-likeness (QED) is 0.423. The number of rotatable bonds is 5. The summed E-state index contributed by atoms with van der Waals surface area (Å²) in [5.41, 5.74) is 2.38. The van der Waals surface area contributed by atoms with Gasteiger partial charge in [0.05, 0.1) is 17.9 Å². The van der Waals surface area contributed by atoms with Gasteiger partial charge in [-0.1, -0.05) is 22.8 Å². The molecule has 0 unspecified atom stereocenters. The highest BCUT2D eigenvalue weighted by Crippen LogP contribution is 2.28. The van der Waals surface area contributed by atoms with Gasteiger partial charge in [0.1, 0.15) is 9.88 Å². The molecule has 1 saturated heterocycles. The molecule has 4 heterocycles. The van der Waals surface area contributed by atoms with E-state index in [1.165, 1.54) is 11.3 Å². The largest absolute Gasteiger partial charge is 0.338 e. The van der Waals surface area contributed by atoms with Gasteiger partial charge in [-0.15, -0.1) is 11.3 Å². The van der Waals surface area contributed by atoms with Gasteiger partial charge in [-0.2, -0.15) is 4.98 Å². The van der Waals surface area contributed by atoms with Crippen LogP contribution in [0.5, 0.6) is 0 Å². The van der Waals surface area contributed by atoms with Crippen LogP contribution in [0.3, 0.4) is 0 Å². The zero-order valence-electron chi connectivity index (χ0n) is 17.9. The lowest BCUT2D eigenvalue weighted by Gasteiger charge is -2.33. The fourth-order valence-electron chi connectivity index (χ4n) is 3.67. The topological polar surface area (TPSA) is 88.3 Å². The molecule has 0 atom stereocenters. The molecular formula is C23H21ClN6O2S. The Balaban J connectivity index is 1.19. The van der Waals surface area contributed by atoms with Crippen LogP contribution in [0.4, 0.5) is 0 Å². The monoisotopic (exact) mass is 480 g/mol. The zero-order chi connectivity index (χ0) is 22.8. The van der Waals surface area contributed by atoms with Crippen LogP contribution in [0, 0.1) is 6.92 Å². The Morgan fingerprint density at radius 2 is 1.88 bits per heavy atom. The normalized spacial score (nSPS) is 14.5. The molecule has 3 aromatic heterocycles. The van der Waals surface area contributed by atoms with Crippen LogP contribution in [-0.2, 0) is 6.54 Å². The maximum Gasteiger partial charge on any atom is 0.265 e. The van der Waals surface area contributed by atoms with Crippen LogP contribution >= 0.6 is 22.9 Å². The van der Waals surface area contributed by atoms with Gasteiger partial charge in [-0.3, -0.25) is 14.7 Å². The van der Waals surface area contributed by atoms with E-state index in [9.17, 15) is 4.79 Å². The second-order valence-electron chi connectivity index (χ2n) is 7.74. The lowest BCUT2D eigenvalue weighted by molar-refractivity contribution is 0.0619. The third kappa shape index (κ3) is 4.80. The van der Waals surface area contributed by atoms with E-state index in [0.717, 1.165) is 35.0 Å². The average molecular weight is 481 g/mol. The zero-order valence-corrected chi connectivity index (χ0v) is 19.5. The highest BCUT2D eigenvalue weighted by atomic mass is 35.5. The van der Waals surface area contributed by atoms with E-state index in [2.05, 4.69) is 25.0 Å². The summed E-state index contributed by atoms with van der Waals surface area (Å²) in [4.78, 5) is 31.3. The second kappa shape index (κ2) is 9.38. The third-order valence-corrected chi connectivity index (χ3v) is 6.88. The predicted octanol–water partition coefficient (Wildman–Crippen LogP) is 4.17. The van der Waals surface area contributed by atoms with Crippen LogP contribution in [0.1, 0.15) is 21.3 Å². The molecule has 0 bridgehead atoms. The molecule has 1 amide bonds. The summed E-state index contributed by atoms with van der Waals surface area (Å²) in [6.45, 7) is 5.15. The number of aryl methyl sites for hydroxylation is 1. The molecule has 1 aliphatic rings. The number of halogens is 1. The van der Waals surface area contributed by atoms with Crippen LogP contribution in [0.2, 0.25) is 5.02 Å². The summed E-state index contributed by atoms with van der Waals surface area (Å²) in [7, 11) is 0. The smallest absolute Gasteiger partial charge is 0.265 e. The Kier molecular flexibility index (Phi) is 6.17. The molecule has 0 N–H and O–H groups in total. The van der Waals surface area contributed by atoms with E-state index in [-0.39, 0.29) is 5.91 Å². The first-order valence-corrected chi connectivity index (χ1v) is 11.8. The van der Waals surface area contributed by atoms with Crippen LogP contribution < -0.4 is 0 Å². The summed E-state index contributed by atoms with van der Waals surface area (Å²) >= 11 is 7.34. The molecule has 8 nitrogen and oxygen atoms in total. The first-order valence-electron chi connectivity index (χ1n) is 10.6. The maximum absolute atomic E-state index is 13.1. The molecule has 1 fully saturated rings. The molecule has 0 aliphatic carbocycles. The molecule has 10 heteroatoms. The van der Waals surface area contributed by atoms with Gasteiger partial charge in [0.15, 0.2) is 0 Å². The Hall–Kier alpha value is -3.14. The van der Waals surface area contributed by atoms with E-state index in [0.29, 0.717) is 41.2 Å². The molecule has 5 rings (SSSR count). The maximum atomic E-state index is 13.1. The van der Waals surface area contributed by atoms with Gasteiger partial charge in [0.25, 0.3) is 5.91 Å². The molecule has 1 aliphatic heterocycles. The van der Waals surface area contributed by atoms with Crippen molar-refractivity contribution in [2.75, 3.05) is 26.2 Å². The highest BCUT2D eigenvalue weighted by molar-refractivity contribution is 7.17. The predicted molar refractivity (Wildman–Crippen MR) is 126 cm³/mol. The van der Waals surface area contributed by atoms with Crippen molar-refractivity contribution in [3.05, 3.63) is 70.1 Å². The number of nitrogens with zero attached hydrogens (tertiary/aromatic N) is 6. The molecule has 33 heavy (non-hydrogen) atoms. The third-order valence-electron chi connectivity index (χ3n) is 5.46. The SMILES string of the molecule is Cc1nc(-c2ccccn2)sc1C(=O)N1CCN(Cc2nc(-c3ccc(Cl)cc3)no2)CC1. The van der Waals surface area contributed by atoms with Crippen LogP contribution in [0.15, 0.2) is 53.2 Å². The van der Waals surface area contributed by atoms with Gasteiger partial charge in [-0.05, 0) is 43.3 Å². The van der Waals surface area contributed by atoms with Crippen molar-refractivity contribution in [3.8, 4) is 22.1 Å².